The first-order valence-electron chi connectivity index (χ1n) is 8.62. The Kier molecular flexibility index (Phi) is 3.88. The molecular weight excluding hydrogens is 312 g/mol. The van der Waals surface area contributed by atoms with Crippen LogP contribution in [0.15, 0.2) is 53.5 Å². The van der Waals surface area contributed by atoms with Crippen molar-refractivity contribution in [3.05, 3.63) is 81.1 Å². The number of aromatic nitrogens is 1. The van der Waals surface area contributed by atoms with Crippen LogP contribution in [0.25, 0.3) is 10.9 Å². The van der Waals surface area contributed by atoms with Gasteiger partial charge in [-0.3, -0.25) is 9.59 Å². The Morgan fingerprint density at radius 1 is 1.16 bits per heavy atom. The number of carbonyl (C=O) groups is 1. The lowest BCUT2D eigenvalue weighted by molar-refractivity contribution is 0.0949. The zero-order valence-electron chi connectivity index (χ0n) is 14.2. The van der Waals surface area contributed by atoms with Crippen LogP contribution in [0.4, 0.5) is 0 Å². The first kappa shape index (κ1) is 15.6. The molecule has 0 bridgehead atoms. The molecule has 4 rings (SSSR count). The number of aryl methyl sites for hydroxylation is 3. The highest BCUT2D eigenvalue weighted by Gasteiger charge is 2.19. The third kappa shape index (κ3) is 2.84. The summed E-state index contributed by atoms with van der Waals surface area (Å²) in [5.41, 5.74) is 4.40. The minimum Gasteiger partial charge on any atom is -0.348 e. The first-order chi connectivity index (χ1) is 12.1. The normalized spacial score (nSPS) is 13.0. The fourth-order valence-corrected chi connectivity index (χ4v) is 3.50. The van der Waals surface area contributed by atoms with Crippen LogP contribution in [0.1, 0.15) is 33.5 Å². The van der Waals surface area contributed by atoms with Crippen LogP contribution in [-0.2, 0) is 19.5 Å². The van der Waals surface area contributed by atoms with Crippen molar-refractivity contribution in [1.82, 2.24) is 9.88 Å². The Morgan fingerprint density at radius 3 is 2.76 bits per heavy atom. The number of nitrogens with zero attached hydrogens (tertiary/aromatic N) is 1. The van der Waals surface area contributed by atoms with E-state index in [-0.39, 0.29) is 16.9 Å². The maximum Gasteiger partial charge on any atom is 0.257 e. The molecule has 126 valence electrons. The Balaban J connectivity index is 1.67. The van der Waals surface area contributed by atoms with Crippen LogP contribution in [0.3, 0.4) is 0 Å². The smallest absolute Gasteiger partial charge is 0.257 e. The van der Waals surface area contributed by atoms with Gasteiger partial charge in [0.25, 0.3) is 5.91 Å². The van der Waals surface area contributed by atoms with Gasteiger partial charge < -0.3 is 9.88 Å². The quantitative estimate of drug-likeness (QED) is 0.801. The van der Waals surface area contributed by atoms with E-state index in [1.54, 1.807) is 6.20 Å². The number of nitrogens with one attached hydrogen (secondary N) is 1. The molecule has 0 aliphatic carbocycles. The van der Waals surface area contributed by atoms with Crippen LogP contribution in [-0.4, -0.2) is 10.5 Å². The molecule has 0 unspecified atom stereocenters. The Hall–Kier alpha value is -2.88. The summed E-state index contributed by atoms with van der Waals surface area (Å²) in [6, 6.07) is 13.8. The molecule has 3 aromatic rings. The van der Waals surface area contributed by atoms with Gasteiger partial charge in [0.1, 0.15) is 5.56 Å². The molecule has 1 aliphatic heterocycles. The van der Waals surface area contributed by atoms with Crippen molar-refractivity contribution in [3.63, 3.8) is 0 Å². The van der Waals surface area contributed by atoms with Crippen molar-refractivity contribution in [1.29, 1.82) is 0 Å². The van der Waals surface area contributed by atoms with Gasteiger partial charge in [0.05, 0.1) is 5.52 Å². The SMILES string of the molecule is Cc1ccc(CNC(=O)c2cn3c4c(cccc4c2=O)CCC3)cc1. The predicted molar refractivity (Wildman–Crippen MR) is 98.9 cm³/mol. The van der Waals surface area contributed by atoms with Crippen LogP contribution in [0, 0.1) is 6.92 Å². The van der Waals surface area contributed by atoms with Crippen molar-refractivity contribution >= 4 is 16.8 Å². The van der Waals surface area contributed by atoms with Gasteiger partial charge in [-0.2, -0.15) is 0 Å². The monoisotopic (exact) mass is 332 g/mol. The first-order valence-corrected chi connectivity index (χ1v) is 8.62. The summed E-state index contributed by atoms with van der Waals surface area (Å²) in [5, 5.41) is 3.51. The summed E-state index contributed by atoms with van der Waals surface area (Å²) in [4.78, 5) is 25.4. The van der Waals surface area contributed by atoms with Gasteiger partial charge in [-0.15, -0.1) is 0 Å². The van der Waals surface area contributed by atoms with Crippen LogP contribution >= 0.6 is 0 Å². The van der Waals surface area contributed by atoms with E-state index in [2.05, 4.69) is 16.0 Å². The molecule has 0 radical (unpaired) electrons. The molecule has 1 N–H and O–H groups in total. The lowest BCUT2D eigenvalue weighted by Crippen LogP contribution is -2.30. The van der Waals surface area contributed by atoms with Gasteiger partial charge >= 0.3 is 0 Å². The van der Waals surface area contributed by atoms with Gasteiger partial charge in [-0.25, -0.2) is 0 Å². The molecule has 4 heteroatoms. The average molecular weight is 332 g/mol. The zero-order valence-corrected chi connectivity index (χ0v) is 14.2. The molecule has 0 saturated carbocycles. The second kappa shape index (κ2) is 6.20. The van der Waals surface area contributed by atoms with Crippen molar-refractivity contribution in [2.45, 2.75) is 32.9 Å². The average Bonchev–Trinajstić information content (AvgIpc) is 2.64. The summed E-state index contributed by atoms with van der Waals surface area (Å²) in [6.45, 7) is 3.28. The van der Waals surface area contributed by atoms with E-state index < -0.39 is 0 Å². The Bertz CT molecular complexity index is 1020. The van der Waals surface area contributed by atoms with Crippen molar-refractivity contribution < 1.29 is 4.79 Å². The second-order valence-electron chi connectivity index (χ2n) is 6.65. The number of carbonyl (C=O) groups excluding carboxylic acids is 1. The standard InChI is InChI=1S/C21H20N2O2/c1-14-7-9-15(10-8-14)12-22-21(25)18-13-23-11-3-5-16-4-2-6-17(19(16)23)20(18)24/h2,4,6-10,13H,3,5,11-12H2,1H3,(H,22,25). The molecule has 0 spiro atoms. The molecule has 1 aliphatic rings. The maximum atomic E-state index is 12.8. The molecule has 2 heterocycles. The second-order valence-corrected chi connectivity index (χ2v) is 6.65. The van der Waals surface area contributed by atoms with Gasteiger partial charge in [-0.1, -0.05) is 42.0 Å². The van der Waals surface area contributed by atoms with E-state index in [4.69, 9.17) is 0 Å². The molecule has 1 aromatic heterocycles. The van der Waals surface area contributed by atoms with E-state index in [1.165, 1.54) is 11.1 Å². The number of hydrogen-bond acceptors (Lipinski definition) is 2. The number of benzene rings is 2. The third-order valence-corrected chi connectivity index (χ3v) is 4.84. The largest absolute Gasteiger partial charge is 0.348 e. The fraction of sp³-hybridized carbons (Fsp3) is 0.238. The minimum atomic E-state index is -0.313. The topological polar surface area (TPSA) is 51.1 Å². The zero-order chi connectivity index (χ0) is 17.4. The maximum absolute atomic E-state index is 12.8. The van der Waals surface area contributed by atoms with E-state index in [0.29, 0.717) is 11.9 Å². The summed E-state index contributed by atoms with van der Waals surface area (Å²) in [7, 11) is 0. The van der Waals surface area contributed by atoms with E-state index in [0.717, 1.165) is 30.5 Å². The Morgan fingerprint density at radius 2 is 1.96 bits per heavy atom. The van der Waals surface area contributed by atoms with Crippen LogP contribution in [0.2, 0.25) is 0 Å². The molecule has 25 heavy (non-hydrogen) atoms. The Labute approximate surface area is 146 Å². The number of para-hydroxylation sites is 1. The van der Waals surface area contributed by atoms with E-state index in [9.17, 15) is 9.59 Å². The molecule has 0 atom stereocenters. The number of amides is 1. The lowest BCUT2D eigenvalue weighted by atomic mass is 9.99. The van der Waals surface area contributed by atoms with E-state index in [1.807, 2.05) is 43.3 Å². The van der Waals surface area contributed by atoms with Crippen molar-refractivity contribution in [2.75, 3.05) is 0 Å². The molecular formula is C21H20N2O2. The lowest BCUT2D eigenvalue weighted by Gasteiger charge is -2.20. The minimum absolute atomic E-state index is 0.184. The molecule has 0 saturated heterocycles. The summed E-state index contributed by atoms with van der Waals surface area (Å²) in [6.07, 6.45) is 3.73. The highest BCUT2D eigenvalue weighted by molar-refractivity contribution is 5.97. The van der Waals surface area contributed by atoms with Gasteiger partial charge in [0, 0.05) is 24.7 Å². The summed E-state index contributed by atoms with van der Waals surface area (Å²) >= 11 is 0. The van der Waals surface area contributed by atoms with Gasteiger partial charge in [0.15, 0.2) is 0 Å². The third-order valence-electron chi connectivity index (χ3n) is 4.84. The van der Waals surface area contributed by atoms with Crippen LogP contribution < -0.4 is 10.7 Å². The van der Waals surface area contributed by atoms with Crippen molar-refractivity contribution in [2.24, 2.45) is 0 Å². The fourth-order valence-electron chi connectivity index (χ4n) is 3.50. The van der Waals surface area contributed by atoms with Crippen LogP contribution in [0.5, 0.6) is 0 Å². The number of hydrogen-bond donors (Lipinski definition) is 1. The van der Waals surface area contributed by atoms with E-state index >= 15 is 0 Å². The number of rotatable bonds is 3. The van der Waals surface area contributed by atoms with Crippen molar-refractivity contribution in [3.8, 4) is 0 Å². The molecule has 2 aromatic carbocycles. The highest BCUT2D eigenvalue weighted by atomic mass is 16.2. The predicted octanol–water partition coefficient (Wildman–Crippen LogP) is 3.19. The molecule has 4 nitrogen and oxygen atoms in total. The van der Waals surface area contributed by atoms with Gasteiger partial charge in [-0.05, 0) is 37.0 Å². The summed E-state index contributed by atoms with van der Waals surface area (Å²) < 4.78 is 2.05. The highest BCUT2D eigenvalue weighted by Crippen LogP contribution is 2.23. The number of pyridine rings is 1. The van der Waals surface area contributed by atoms with Gasteiger partial charge in [0.2, 0.25) is 5.43 Å². The summed E-state index contributed by atoms with van der Waals surface area (Å²) in [5.74, 6) is -0.313. The molecule has 1 amide bonds. The molecule has 0 fully saturated rings.